The molecule has 0 fully saturated rings. The second-order valence-electron chi connectivity index (χ2n) is 3.75. The lowest BCUT2D eigenvalue weighted by Crippen LogP contribution is -2.43. The highest BCUT2D eigenvalue weighted by Crippen LogP contribution is 2.20. The Morgan fingerprint density at radius 1 is 1.42 bits per heavy atom. The van der Waals surface area contributed by atoms with Crippen molar-refractivity contribution in [2.75, 3.05) is 19.0 Å². The Bertz CT molecular complexity index is 453. The van der Waals surface area contributed by atoms with Gasteiger partial charge in [0.1, 0.15) is 6.04 Å². The van der Waals surface area contributed by atoms with Gasteiger partial charge in [0, 0.05) is 24.6 Å². The molecule has 7 heteroatoms. The second kappa shape index (κ2) is 7.75. The first-order valence-corrected chi connectivity index (χ1v) is 6.37. The minimum atomic E-state index is -1.10. The lowest BCUT2D eigenvalue weighted by atomic mass is 10.2. The van der Waals surface area contributed by atoms with Gasteiger partial charge in [-0.1, -0.05) is 12.1 Å². The van der Waals surface area contributed by atoms with E-state index in [2.05, 4.69) is 26.6 Å². The van der Waals surface area contributed by atoms with Crippen molar-refractivity contribution in [3.05, 3.63) is 28.7 Å². The number of amides is 2. The van der Waals surface area contributed by atoms with Gasteiger partial charge in [-0.25, -0.2) is 9.59 Å². The summed E-state index contributed by atoms with van der Waals surface area (Å²) in [5, 5.41) is 13.9. The molecule has 0 aliphatic rings. The van der Waals surface area contributed by atoms with Crippen molar-refractivity contribution in [1.29, 1.82) is 0 Å². The van der Waals surface area contributed by atoms with Crippen LogP contribution in [0.4, 0.5) is 10.5 Å². The van der Waals surface area contributed by atoms with Crippen LogP contribution in [0.25, 0.3) is 0 Å². The fourth-order valence-corrected chi connectivity index (χ4v) is 1.76. The zero-order valence-electron chi connectivity index (χ0n) is 10.4. The van der Waals surface area contributed by atoms with Crippen molar-refractivity contribution in [1.82, 2.24) is 5.32 Å². The standard InChI is InChI=1S/C12H15BrN2O4/c1-19-7-6-10(11(16)17)15-12(18)14-9-5-3-2-4-8(9)13/h2-5,10H,6-7H2,1H3,(H,16,17)(H2,14,15,18). The molecule has 0 radical (unpaired) electrons. The summed E-state index contributed by atoms with van der Waals surface area (Å²) in [7, 11) is 1.47. The largest absolute Gasteiger partial charge is 0.480 e. The topological polar surface area (TPSA) is 87.7 Å². The molecule has 104 valence electrons. The summed E-state index contributed by atoms with van der Waals surface area (Å²) in [6, 6.07) is 5.49. The molecule has 0 bridgehead atoms. The third-order valence-corrected chi connectivity index (χ3v) is 3.03. The molecule has 19 heavy (non-hydrogen) atoms. The van der Waals surface area contributed by atoms with Crippen LogP contribution in [0.1, 0.15) is 6.42 Å². The lowest BCUT2D eigenvalue weighted by molar-refractivity contribution is -0.139. The maximum absolute atomic E-state index is 11.7. The number of anilines is 1. The van der Waals surface area contributed by atoms with Gasteiger partial charge in [0.15, 0.2) is 0 Å². The number of methoxy groups -OCH3 is 1. The Hall–Kier alpha value is -1.60. The number of nitrogens with one attached hydrogen (secondary N) is 2. The Morgan fingerprint density at radius 2 is 2.11 bits per heavy atom. The van der Waals surface area contributed by atoms with Crippen LogP contribution >= 0.6 is 15.9 Å². The maximum Gasteiger partial charge on any atom is 0.326 e. The van der Waals surface area contributed by atoms with Gasteiger partial charge in [0.25, 0.3) is 0 Å². The van der Waals surface area contributed by atoms with E-state index in [1.54, 1.807) is 18.2 Å². The molecule has 6 nitrogen and oxygen atoms in total. The number of urea groups is 1. The number of carbonyl (C=O) groups is 2. The maximum atomic E-state index is 11.7. The molecule has 2 amide bonds. The molecule has 0 aromatic heterocycles. The number of carboxylic acid groups (broad SMARTS) is 1. The summed E-state index contributed by atoms with van der Waals surface area (Å²) in [6.45, 7) is 0.256. The number of aliphatic carboxylic acids is 1. The molecular formula is C12H15BrN2O4. The van der Waals surface area contributed by atoms with Crippen molar-refractivity contribution < 1.29 is 19.4 Å². The van der Waals surface area contributed by atoms with E-state index in [1.165, 1.54) is 7.11 Å². The Kier molecular flexibility index (Phi) is 6.31. The number of rotatable bonds is 6. The molecule has 1 rings (SSSR count). The quantitative estimate of drug-likeness (QED) is 0.745. The third kappa shape index (κ3) is 5.27. The second-order valence-corrected chi connectivity index (χ2v) is 4.60. The molecule has 0 heterocycles. The molecule has 0 aliphatic heterocycles. The van der Waals surface area contributed by atoms with E-state index in [0.717, 1.165) is 0 Å². The van der Waals surface area contributed by atoms with E-state index in [9.17, 15) is 9.59 Å². The van der Waals surface area contributed by atoms with Crippen molar-refractivity contribution in [3.63, 3.8) is 0 Å². The van der Waals surface area contributed by atoms with E-state index >= 15 is 0 Å². The molecule has 1 aromatic carbocycles. The van der Waals surface area contributed by atoms with Crippen LogP contribution in [0.5, 0.6) is 0 Å². The fraction of sp³-hybridized carbons (Fsp3) is 0.333. The number of hydrogen-bond acceptors (Lipinski definition) is 3. The molecule has 0 spiro atoms. The van der Waals surface area contributed by atoms with Gasteiger partial charge in [-0.15, -0.1) is 0 Å². The number of benzene rings is 1. The van der Waals surface area contributed by atoms with Crippen LogP contribution in [0, 0.1) is 0 Å². The van der Waals surface area contributed by atoms with E-state index < -0.39 is 18.0 Å². The molecule has 1 aromatic rings. The molecule has 0 aliphatic carbocycles. The number of para-hydroxylation sites is 1. The molecule has 3 N–H and O–H groups in total. The van der Waals surface area contributed by atoms with Crippen molar-refractivity contribution in [3.8, 4) is 0 Å². The number of carbonyl (C=O) groups excluding carboxylic acids is 1. The first-order chi connectivity index (χ1) is 9.04. The Balaban J connectivity index is 2.58. The van der Waals surface area contributed by atoms with Crippen LogP contribution in [0.3, 0.4) is 0 Å². The summed E-state index contributed by atoms with van der Waals surface area (Å²) >= 11 is 3.28. The Labute approximate surface area is 119 Å². The predicted molar refractivity (Wildman–Crippen MR) is 74.2 cm³/mol. The lowest BCUT2D eigenvalue weighted by Gasteiger charge is -2.15. The number of carboxylic acids is 1. The molecule has 0 saturated carbocycles. The minimum absolute atomic E-state index is 0.204. The van der Waals surface area contributed by atoms with Gasteiger partial charge in [0.2, 0.25) is 0 Å². The summed E-state index contributed by atoms with van der Waals surface area (Å²) in [5.41, 5.74) is 0.566. The SMILES string of the molecule is COCCC(NC(=O)Nc1ccccc1Br)C(=O)O. The van der Waals surface area contributed by atoms with Crippen LogP contribution in [-0.4, -0.2) is 36.9 Å². The molecular weight excluding hydrogens is 316 g/mol. The van der Waals surface area contributed by atoms with E-state index in [1.807, 2.05) is 6.07 Å². The van der Waals surface area contributed by atoms with Gasteiger partial charge in [-0.2, -0.15) is 0 Å². The average Bonchev–Trinajstić information content (AvgIpc) is 2.37. The van der Waals surface area contributed by atoms with Gasteiger partial charge in [0.05, 0.1) is 5.69 Å². The highest BCUT2D eigenvalue weighted by Gasteiger charge is 2.19. The zero-order chi connectivity index (χ0) is 14.3. The minimum Gasteiger partial charge on any atom is -0.480 e. The Morgan fingerprint density at radius 3 is 2.68 bits per heavy atom. The van der Waals surface area contributed by atoms with Gasteiger partial charge >= 0.3 is 12.0 Å². The molecule has 1 unspecified atom stereocenters. The predicted octanol–water partition coefficient (Wildman–Crippen LogP) is 2.06. The van der Waals surface area contributed by atoms with Crippen LogP contribution in [-0.2, 0) is 9.53 Å². The third-order valence-electron chi connectivity index (χ3n) is 2.34. The zero-order valence-corrected chi connectivity index (χ0v) is 11.9. The van der Waals surface area contributed by atoms with Crippen LogP contribution in [0.15, 0.2) is 28.7 Å². The van der Waals surface area contributed by atoms with Crippen molar-refractivity contribution >= 4 is 33.6 Å². The smallest absolute Gasteiger partial charge is 0.326 e. The van der Waals surface area contributed by atoms with E-state index in [0.29, 0.717) is 10.2 Å². The monoisotopic (exact) mass is 330 g/mol. The van der Waals surface area contributed by atoms with E-state index in [4.69, 9.17) is 9.84 Å². The summed E-state index contributed by atoms with van der Waals surface area (Å²) in [4.78, 5) is 22.6. The number of halogens is 1. The highest BCUT2D eigenvalue weighted by atomic mass is 79.9. The first kappa shape index (κ1) is 15.5. The van der Waals surface area contributed by atoms with Crippen molar-refractivity contribution in [2.24, 2.45) is 0 Å². The fourth-order valence-electron chi connectivity index (χ4n) is 1.37. The summed E-state index contributed by atoms with van der Waals surface area (Å²) < 4.78 is 5.52. The molecule has 0 saturated heterocycles. The highest BCUT2D eigenvalue weighted by molar-refractivity contribution is 9.10. The van der Waals surface area contributed by atoms with Crippen LogP contribution in [0.2, 0.25) is 0 Å². The first-order valence-electron chi connectivity index (χ1n) is 5.58. The van der Waals surface area contributed by atoms with Crippen molar-refractivity contribution in [2.45, 2.75) is 12.5 Å². The number of ether oxygens (including phenoxy) is 1. The summed E-state index contributed by atoms with van der Waals surface area (Å²) in [5.74, 6) is -1.10. The van der Waals surface area contributed by atoms with E-state index in [-0.39, 0.29) is 13.0 Å². The number of hydrogen-bond donors (Lipinski definition) is 3. The van der Waals surface area contributed by atoms with Crippen LogP contribution < -0.4 is 10.6 Å². The van der Waals surface area contributed by atoms with Gasteiger partial charge in [-0.05, 0) is 28.1 Å². The van der Waals surface area contributed by atoms with Gasteiger partial charge < -0.3 is 20.5 Å². The normalized spacial score (nSPS) is 11.7. The summed E-state index contributed by atoms with van der Waals surface area (Å²) in [6.07, 6.45) is 0.204. The molecule has 1 atom stereocenters. The average molecular weight is 331 g/mol. The van der Waals surface area contributed by atoms with Gasteiger partial charge in [-0.3, -0.25) is 0 Å².